The van der Waals surface area contributed by atoms with Gasteiger partial charge in [-0.25, -0.2) is 4.98 Å². The number of pyridine rings is 1. The van der Waals surface area contributed by atoms with Gasteiger partial charge in [-0.3, -0.25) is 9.59 Å². The second-order valence-corrected chi connectivity index (χ2v) is 8.36. The highest BCUT2D eigenvalue weighted by atomic mass is 16.5. The summed E-state index contributed by atoms with van der Waals surface area (Å²) in [6, 6.07) is 8.59. The Kier molecular flexibility index (Phi) is 6.59. The minimum atomic E-state index is -0.662. The van der Waals surface area contributed by atoms with E-state index >= 15 is 0 Å². The second-order valence-electron chi connectivity index (χ2n) is 8.36. The van der Waals surface area contributed by atoms with Crippen LogP contribution < -0.4 is 10.6 Å². The minimum Gasteiger partial charge on any atom is -0.394 e. The maximum Gasteiger partial charge on any atom is 0.257 e. The van der Waals surface area contributed by atoms with Crippen molar-refractivity contribution in [2.45, 2.75) is 26.3 Å². The van der Waals surface area contributed by atoms with Crippen LogP contribution in [0.4, 0.5) is 11.6 Å². The zero-order valence-corrected chi connectivity index (χ0v) is 18.8. The molecule has 2 amide bonds. The maximum atomic E-state index is 12.9. The van der Waals surface area contributed by atoms with E-state index in [0.717, 1.165) is 11.1 Å². The number of carbonyl (C=O) groups excluding carboxylic acids is 2. The van der Waals surface area contributed by atoms with Gasteiger partial charge in [0.1, 0.15) is 12.1 Å². The topological polar surface area (TPSA) is 121 Å². The van der Waals surface area contributed by atoms with Gasteiger partial charge in [0.05, 0.1) is 17.7 Å². The number of aryl methyl sites for hydroxylation is 1. The van der Waals surface area contributed by atoms with Crippen LogP contribution in [0.25, 0.3) is 11.1 Å². The molecule has 0 spiro atoms. The summed E-state index contributed by atoms with van der Waals surface area (Å²) in [7, 11) is 3.33. The Balaban J connectivity index is 2.02. The highest BCUT2D eigenvalue weighted by molar-refractivity contribution is 6.05. The van der Waals surface area contributed by atoms with E-state index in [1.165, 1.54) is 11.2 Å². The van der Waals surface area contributed by atoms with Crippen molar-refractivity contribution in [2.75, 3.05) is 31.3 Å². The van der Waals surface area contributed by atoms with Gasteiger partial charge >= 0.3 is 0 Å². The molecule has 9 nitrogen and oxygen atoms in total. The number of hydrogen-bond acceptors (Lipinski definition) is 7. The molecule has 0 radical (unpaired) electrons. The van der Waals surface area contributed by atoms with Crippen LogP contribution in [0.1, 0.15) is 40.1 Å². The average Bonchev–Trinajstić information content (AvgIpc) is 3.26. The van der Waals surface area contributed by atoms with E-state index in [4.69, 9.17) is 4.52 Å². The summed E-state index contributed by atoms with van der Waals surface area (Å²) >= 11 is 0. The average molecular weight is 438 g/mol. The third-order valence-electron chi connectivity index (χ3n) is 4.87. The number of aliphatic hydroxyl groups is 1. The third kappa shape index (κ3) is 5.12. The molecule has 0 saturated heterocycles. The molecule has 3 aromatic rings. The Hall–Kier alpha value is -3.72. The van der Waals surface area contributed by atoms with Crippen LogP contribution in [-0.4, -0.2) is 58.2 Å². The number of carbonyl (C=O) groups is 2. The first kappa shape index (κ1) is 23.0. The summed E-state index contributed by atoms with van der Waals surface area (Å²) in [6.07, 6.45) is 3.02. The van der Waals surface area contributed by atoms with Crippen molar-refractivity contribution in [3.05, 3.63) is 59.5 Å². The van der Waals surface area contributed by atoms with Crippen LogP contribution >= 0.6 is 0 Å². The fraction of sp³-hybridized carbons (Fsp3) is 0.304. The Bertz CT molecular complexity index is 1120. The van der Waals surface area contributed by atoms with Gasteiger partial charge < -0.3 is 25.2 Å². The molecule has 9 heteroatoms. The predicted octanol–water partition coefficient (Wildman–Crippen LogP) is 3.18. The zero-order valence-electron chi connectivity index (χ0n) is 18.8. The summed E-state index contributed by atoms with van der Waals surface area (Å²) in [5, 5.41) is 19.1. The molecule has 0 aliphatic carbocycles. The summed E-state index contributed by atoms with van der Waals surface area (Å²) < 4.78 is 4.74. The summed E-state index contributed by atoms with van der Waals surface area (Å²) in [4.78, 5) is 31.4. The van der Waals surface area contributed by atoms with Gasteiger partial charge in [0.2, 0.25) is 0 Å². The number of nitrogens with one attached hydrogen (secondary N) is 2. The molecule has 2 heterocycles. The van der Waals surface area contributed by atoms with Crippen molar-refractivity contribution >= 4 is 23.5 Å². The van der Waals surface area contributed by atoms with Crippen molar-refractivity contribution in [3.63, 3.8) is 0 Å². The molecule has 0 bridgehead atoms. The SMILES string of the molecule is Cc1ccc(C(=O)Nc2ccon2)cc1-c1cnc(NC(C)(C)CO)c(C(=O)N(C)C)c1. The molecule has 3 N–H and O–H groups in total. The van der Waals surface area contributed by atoms with Gasteiger partial charge in [0.15, 0.2) is 5.82 Å². The van der Waals surface area contributed by atoms with Crippen LogP contribution in [0.5, 0.6) is 0 Å². The van der Waals surface area contributed by atoms with E-state index < -0.39 is 5.54 Å². The molecule has 0 saturated carbocycles. The zero-order chi connectivity index (χ0) is 23.5. The van der Waals surface area contributed by atoms with Crippen LogP contribution in [0, 0.1) is 6.92 Å². The Labute approximate surface area is 186 Å². The summed E-state index contributed by atoms with van der Waals surface area (Å²) in [5.41, 5.74) is 2.51. The Morgan fingerprint density at radius 2 is 1.94 bits per heavy atom. The van der Waals surface area contributed by atoms with Gasteiger partial charge in [0.25, 0.3) is 11.8 Å². The maximum absolute atomic E-state index is 12.9. The molecule has 1 aromatic carbocycles. The highest BCUT2D eigenvalue weighted by Crippen LogP contribution is 2.29. The molecular weight excluding hydrogens is 410 g/mol. The fourth-order valence-electron chi connectivity index (χ4n) is 3.02. The smallest absolute Gasteiger partial charge is 0.257 e. The van der Waals surface area contributed by atoms with Gasteiger partial charge in [-0.15, -0.1) is 0 Å². The van der Waals surface area contributed by atoms with Crippen molar-refractivity contribution < 1.29 is 19.2 Å². The Morgan fingerprint density at radius 3 is 2.56 bits per heavy atom. The first-order chi connectivity index (χ1) is 15.1. The highest BCUT2D eigenvalue weighted by Gasteiger charge is 2.23. The lowest BCUT2D eigenvalue weighted by Crippen LogP contribution is -2.36. The van der Waals surface area contributed by atoms with Gasteiger partial charge in [-0.05, 0) is 50.1 Å². The van der Waals surface area contributed by atoms with E-state index in [9.17, 15) is 14.7 Å². The quantitative estimate of drug-likeness (QED) is 0.519. The third-order valence-corrected chi connectivity index (χ3v) is 4.87. The standard InChI is InChI=1S/C23H27N5O4/c1-14-6-7-15(21(30)25-19-8-9-32-27-19)10-17(14)16-11-18(22(31)28(4)5)20(24-12-16)26-23(2,3)13-29/h6-12,29H,13H2,1-5H3,(H,24,26)(H,25,27,30). The Morgan fingerprint density at radius 1 is 1.19 bits per heavy atom. The molecule has 168 valence electrons. The monoisotopic (exact) mass is 437 g/mol. The van der Waals surface area contributed by atoms with E-state index in [1.807, 2.05) is 26.8 Å². The number of aromatic nitrogens is 2. The van der Waals surface area contributed by atoms with Gasteiger partial charge in [-0.1, -0.05) is 11.2 Å². The summed E-state index contributed by atoms with van der Waals surface area (Å²) in [6.45, 7) is 5.41. The van der Waals surface area contributed by atoms with Crippen LogP contribution in [0.15, 0.2) is 47.3 Å². The number of rotatable bonds is 7. The predicted molar refractivity (Wildman–Crippen MR) is 122 cm³/mol. The number of anilines is 2. The van der Waals surface area contributed by atoms with Crippen molar-refractivity contribution in [3.8, 4) is 11.1 Å². The van der Waals surface area contributed by atoms with Crippen molar-refractivity contribution in [1.82, 2.24) is 15.0 Å². The van der Waals surface area contributed by atoms with Crippen LogP contribution in [0.3, 0.4) is 0 Å². The number of amides is 2. The largest absolute Gasteiger partial charge is 0.394 e. The molecule has 0 aliphatic rings. The van der Waals surface area contributed by atoms with E-state index in [2.05, 4.69) is 20.8 Å². The molecule has 0 unspecified atom stereocenters. The molecule has 0 fully saturated rings. The minimum absolute atomic E-state index is 0.131. The van der Waals surface area contributed by atoms with Crippen LogP contribution in [0.2, 0.25) is 0 Å². The molecule has 32 heavy (non-hydrogen) atoms. The van der Waals surface area contributed by atoms with E-state index in [1.54, 1.807) is 44.6 Å². The van der Waals surface area contributed by atoms with Crippen LogP contribution in [-0.2, 0) is 0 Å². The number of hydrogen-bond donors (Lipinski definition) is 3. The first-order valence-corrected chi connectivity index (χ1v) is 10.0. The molecule has 3 rings (SSSR count). The second kappa shape index (κ2) is 9.19. The molecule has 0 atom stereocenters. The van der Waals surface area contributed by atoms with Crippen molar-refractivity contribution in [2.24, 2.45) is 0 Å². The lowest BCUT2D eigenvalue weighted by Gasteiger charge is -2.26. The number of aliphatic hydroxyl groups excluding tert-OH is 1. The van der Waals surface area contributed by atoms with Crippen molar-refractivity contribution in [1.29, 1.82) is 0 Å². The first-order valence-electron chi connectivity index (χ1n) is 10.0. The normalized spacial score (nSPS) is 11.2. The van der Waals surface area contributed by atoms with E-state index in [0.29, 0.717) is 28.3 Å². The number of benzene rings is 1. The lowest BCUT2D eigenvalue weighted by atomic mass is 9.97. The summed E-state index contributed by atoms with van der Waals surface area (Å²) in [5.74, 6) is 0.137. The van der Waals surface area contributed by atoms with E-state index in [-0.39, 0.29) is 18.4 Å². The lowest BCUT2D eigenvalue weighted by molar-refractivity contribution is 0.0827. The number of nitrogens with zero attached hydrogens (tertiary/aromatic N) is 3. The fourth-order valence-corrected chi connectivity index (χ4v) is 3.02. The molecular formula is C23H27N5O4. The van der Waals surface area contributed by atoms with Gasteiger partial charge in [-0.2, -0.15) is 0 Å². The molecule has 2 aromatic heterocycles. The van der Waals surface area contributed by atoms with Gasteiger partial charge in [0, 0.05) is 37.5 Å². The molecule has 0 aliphatic heterocycles.